The van der Waals surface area contributed by atoms with Crippen molar-refractivity contribution in [1.82, 2.24) is 0 Å². The molecule has 14 heteroatoms. The number of ether oxygens (including phenoxy) is 8. The maximum absolute atomic E-state index is 14.5. The average Bonchev–Trinajstić information content (AvgIpc) is 3.13. The Hall–Kier alpha value is -5.34. The summed E-state index contributed by atoms with van der Waals surface area (Å²) < 4.78 is 45.5. The number of fused-ring (bicyclic) bond motifs is 2. The Morgan fingerprint density at radius 2 is 0.963 bits per heavy atom. The highest BCUT2D eigenvalue weighted by atomic mass is 16.5. The van der Waals surface area contributed by atoms with Gasteiger partial charge in [-0.1, -0.05) is 0 Å². The molecule has 14 nitrogen and oxygen atoms in total. The van der Waals surface area contributed by atoms with Crippen LogP contribution in [0.5, 0.6) is 23.0 Å². The van der Waals surface area contributed by atoms with Crippen LogP contribution in [-0.4, -0.2) is 101 Å². The van der Waals surface area contributed by atoms with Crippen molar-refractivity contribution in [3.8, 4) is 34.1 Å². The minimum Gasteiger partial charge on any atom is -0.496 e. The molecule has 2 aromatic rings. The Balaban J connectivity index is 1.50. The molecular weight excluding hydrogens is 704 g/mol. The Kier molecular flexibility index (Phi) is 10.8. The maximum Gasteiger partial charge on any atom is 0.308 e. The summed E-state index contributed by atoms with van der Waals surface area (Å²) in [6, 6.07) is 3.01. The SMILES string of the molecule is CCOC(=O)CC1CC2=C(C(=O)c3c(OC)c(-c4cc(OC)c5c(c4OC)C(=O)C4=C(CC(CC(=O)OCC)OC4C)C5=O)cc(OC)c3C2=O)C(C)O1. The minimum atomic E-state index is -0.849. The van der Waals surface area contributed by atoms with Crippen molar-refractivity contribution in [2.45, 2.75) is 77.8 Å². The van der Waals surface area contributed by atoms with E-state index in [1.807, 2.05) is 0 Å². The van der Waals surface area contributed by atoms with Gasteiger partial charge in [0.2, 0.25) is 0 Å². The third-order valence-electron chi connectivity index (χ3n) is 10.1. The zero-order valence-electron chi connectivity index (χ0n) is 31.4. The first-order valence-corrected chi connectivity index (χ1v) is 17.7. The highest BCUT2D eigenvalue weighted by molar-refractivity contribution is 6.31. The van der Waals surface area contributed by atoms with Crippen molar-refractivity contribution in [2.24, 2.45) is 0 Å². The monoisotopic (exact) mass is 746 g/mol. The van der Waals surface area contributed by atoms with E-state index in [0.29, 0.717) is 0 Å². The number of Topliss-reactive ketones (excluding diaryl/α,β-unsaturated/α-hetero) is 4. The molecule has 4 atom stereocenters. The van der Waals surface area contributed by atoms with Crippen molar-refractivity contribution in [2.75, 3.05) is 41.7 Å². The second kappa shape index (κ2) is 15.2. The second-order valence-corrected chi connectivity index (χ2v) is 13.1. The van der Waals surface area contributed by atoms with Gasteiger partial charge in [0.05, 0.1) is 101 Å². The first-order chi connectivity index (χ1) is 25.8. The number of methoxy groups -OCH3 is 4. The fourth-order valence-electron chi connectivity index (χ4n) is 7.98. The first-order valence-electron chi connectivity index (χ1n) is 17.7. The molecule has 0 bridgehead atoms. The van der Waals surface area contributed by atoms with Crippen LogP contribution in [-0.2, 0) is 28.5 Å². The van der Waals surface area contributed by atoms with E-state index in [1.165, 1.54) is 40.6 Å². The van der Waals surface area contributed by atoms with E-state index in [0.717, 1.165) is 0 Å². The van der Waals surface area contributed by atoms with Gasteiger partial charge in [-0.15, -0.1) is 0 Å². The summed E-state index contributed by atoms with van der Waals surface area (Å²) in [6.07, 6.45) is -3.25. The van der Waals surface area contributed by atoms with Crippen LogP contribution in [0.3, 0.4) is 0 Å². The summed E-state index contributed by atoms with van der Waals surface area (Å²) in [5.74, 6) is -2.93. The predicted molar refractivity (Wildman–Crippen MR) is 190 cm³/mol. The Bertz CT molecular complexity index is 1910. The van der Waals surface area contributed by atoms with Crippen molar-refractivity contribution in [3.05, 3.63) is 56.7 Å². The van der Waals surface area contributed by atoms with Crippen LogP contribution in [0.1, 0.15) is 94.8 Å². The largest absolute Gasteiger partial charge is 0.496 e. The van der Waals surface area contributed by atoms with Crippen LogP contribution in [0.4, 0.5) is 0 Å². The molecule has 0 spiro atoms. The first kappa shape index (κ1) is 38.4. The smallest absolute Gasteiger partial charge is 0.308 e. The molecule has 4 unspecified atom stereocenters. The topological polar surface area (TPSA) is 176 Å². The van der Waals surface area contributed by atoms with Gasteiger partial charge < -0.3 is 37.9 Å². The number of carbonyl (C=O) groups excluding carboxylic acids is 6. The predicted octanol–water partition coefficient (Wildman–Crippen LogP) is 5.00. The van der Waals surface area contributed by atoms with Crippen LogP contribution < -0.4 is 18.9 Å². The van der Waals surface area contributed by atoms with Gasteiger partial charge in [0, 0.05) is 46.3 Å². The summed E-state index contributed by atoms with van der Waals surface area (Å²) in [5.41, 5.74) is 0.896. The molecule has 6 rings (SSSR count). The molecule has 0 fully saturated rings. The third kappa shape index (κ3) is 6.26. The Labute approximate surface area is 311 Å². The summed E-state index contributed by atoms with van der Waals surface area (Å²) in [6.45, 7) is 7.03. The highest BCUT2D eigenvalue weighted by Crippen LogP contribution is 2.52. The van der Waals surface area contributed by atoms with Crippen LogP contribution in [0.25, 0.3) is 11.1 Å². The van der Waals surface area contributed by atoms with Crippen molar-refractivity contribution < 1.29 is 66.7 Å². The summed E-state index contributed by atoms with van der Waals surface area (Å²) in [5, 5.41) is 0. The number of benzene rings is 2. The molecule has 0 saturated carbocycles. The van der Waals surface area contributed by atoms with E-state index < -0.39 is 59.5 Å². The molecule has 2 heterocycles. The molecule has 0 aromatic heterocycles. The van der Waals surface area contributed by atoms with Crippen molar-refractivity contribution in [3.63, 3.8) is 0 Å². The lowest BCUT2D eigenvalue weighted by atomic mass is 9.75. The Morgan fingerprint density at radius 1 is 0.593 bits per heavy atom. The van der Waals surface area contributed by atoms with Gasteiger partial charge in [-0.2, -0.15) is 0 Å². The quantitative estimate of drug-likeness (QED) is 0.281. The minimum absolute atomic E-state index is 0.00521. The van der Waals surface area contributed by atoms with Gasteiger partial charge in [-0.05, 0) is 39.8 Å². The van der Waals surface area contributed by atoms with E-state index >= 15 is 0 Å². The molecule has 0 radical (unpaired) electrons. The van der Waals surface area contributed by atoms with Gasteiger partial charge in [0.25, 0.3) is 0 Å². The zero-order chi connectivity index (χ0) is 39.2. The molecule has 0 saturated heterocycles. The van der Waals surface area contributed by atoms with E-state index in [9.17, 15) is 28.8 Å². The van der Waals surface area contributed by atoms with E-state index in [-0.39, 0.29) is 118 Å². The number of carbonyl (C=O) groups is 6. The van der Waals surface area contributed by atoms with Gasteiger partial charge >= 0.3 is 11.9 Å². The number of hydrogen-bond donors (Lipinski definition) is 0. The summed E-state index contributed by atoms with van der Waals surface area (Å²) >= 11 is 0. The lowest BCUT2D eigenvalue weighted by Crippen LogP contribution is -2.39. The molecular formula is C40H42O14. The van der Waals surface area contributed by atoms with Crippen LogP contribution in [0.15, 0.2) is 34.4 Å². The number of ketones is 4. The zero-order valence-corrected chi connectivity index (χ0v) is 31.4. The molecule has 0 amide bonds. The standard InChI is InChI=1S/C40H42O14/c1-9-51-27(41)13-19-11-23-29(17(3)53-19)37(45)33-31(35(23)43)25(47-5)15-21(39(33)49-7)22-16-26(48-6)32-34(40(22)50-8)38(46)30-18(4)54-20(12-24(30)36(32)44)14-28(42)52-10-2/h15-20H,9-14H2,1-8H3. The third-order valence-corrected chi connectivity index (χ3v) is 10.1. The van der Waals surface area contributed by atoms with E-state index in [1.54, 1.807) is 27.7 Å². The maximum atomic E-state index is 14.5. The average molecular weight is 747 g/mol. The molecule has 286 valence electrons. The number of esters is 2. The highest BCUT2D eigenvalue weighted by Gasteiger charge is 2.47. The molecule has 4 aliphatic rings. The molecule has 2 aromatic carbocycles. The van der Waals surface area contributed by atoms with Gasteiger partial charge in [0.1, 0.15) is 23.0 Å². The molecule has 54 heavy (non-hydrogen) atoms. The lowest BCUT2D eigenvalue weighted by molar-refractivity contribution is -0.148. The lowest BCUT2D eigenvalue weighted by Gasteiger charge is -2.35. The summed E-state index contributed by atoms with van der Waals surface area (Å²) in [7, 11) is 5.38. The van der Waals surface area contributed by atoms with Gasteiger partial charge in [-0.25, -0.2) is 0 Å². The van der Waals surface area contributed by atoms with Gasteiger partial charge in [-0.3, -0.25) is 28.8 Å². The molecule has 0 N–H and O–H groups in total. The van der Waals surface area contributed by atoms with Crippen molar-refractivity contribution in [1.29, 1.82) is 0 Å². The number of rotatable bonds is 11. The molecule has 2 aliphatic heterocycles. The normalized spacial score (nSPS) is 21.9. The van der Waals surface area contributed by atoms with Crippen molar-refractivity contribution >= 4 is 35.1 Å². The van der Waals surface area contributed by atoms with E-state index in [2.05, 4.69) is 0 Å². The van der Waals surface area contributed by atoms with Crippen LogP contribution in [0, 0.1) is 0 Å². The fourth-order valence-corrected chi connectivity index (χ4v) is 7.98. The second-order valence-electron chi connectivity index (χ2n) is 13.1. The summed E-state index contributed by atoms with van der Waals surface area (Å²) in [4.78, 5) is 82.1. The molecule has 2 aliphatic carbocycles. The van der Waals surface area contributed by atoms with E-state index in [4.69, 9.17) is 37.9 Å². The van der Waals surface area contributed by atoms with Crippen LogP contribution >= 0.6 is 0 Å². The van der Waals surface area contributed by atoms with Gasteiger partial charge in [0.15, 0.2) is 23.1 Å². The number of hydrogen-bond acceptors (Lipinski definition) is 14. The Morgan fingerprint density at radius 3 is 1.28 bits per heavy atom. The fraction of sp³-hybridized carbons (Fsp3) is 0.450. The van der Waals surface area contributed by atoms with Crippen LogP contribution in [0.2, 0.25) is 0 Å².